The van der Waals surface area contributed by atoms with E-state index in [1.165, 1.54) is 11.3 Å². The molecule has 1 saturated heterocycles. The van der Waals surface area contributed by atoms with Crippen LogP contribution in [0, 0.1) is 0 Å². The average Bonchev–Trinajstić information content (AvgIpc) is 3.32. The van der Waals surface area contributed by atoms with Gasteiger partial charge in [-0.1, -0.05) is 6.07 Å². The minimum absolute atomic E-state index is 0.122. The molecule has 25 heavy (non-hydrogen) atoms. The predicted molar refractivity (Wildman–Crippen MR) is 95.9 cm³/mol. The van der Waals surface area contributed by atoms with Crippen molar-refractivity contribution in [3.05, 3.63) is 58.5 Å². The van der Waals surface area contributed by atoms with Gasteiger partial charge in [-0.25, -0.2) is 14.8 Å². The number of carbonyl (C=O) groups is 1. The van der Waals surface area contributed by atoms with Crippen molar-refractivity contribution >= 4 is 23.3 Å². The molecule has 0 aliphatic carbocycles. The van der Waals surface area contributed by atoms with Crippen molar-refractivity contribution in [2.24, 2.45) is 0 Å². The molecule has 3 aromatic heterocycles. The topological polar surface area (TPSA) is 79.2 Å². The largest absolute Gasteiger partial charge is 0.477 e. The van der Waals surface area contributed by atoms with E-state index in [0.29, 0.717) is 10.8 Å². The molecule has 126 valence electrons. The van der Waals surface area contributed by atoms with Gasteiger partial charge in [-0.15, -0.1) is 11.3 Å². The molecule has 3 aromatic rings. The highest BCUT2D eigenvalue weighted by Crippen LogP contribution is 2.38. The van der Waals surface area contributed by atoms with Crippen LogP contribution < -0.4 is 4.90 Å². The van der Waals surface area contributed by atoms with Crippen LogP contribution in [0.1, 0.15) is 33.4 Å². The number of thiophene rings is 1. The lowest BCUT2D eigenvalue weighted by atomic mass is 10.2. The zero-order valence-electron chi connectivity index (χ0n) is 13.4. The summed E-state index contributed by atoms with van der Waals surface area (Å²) in [6.07, 6.45) is 5.49. The first kappa shape index (κ1) is 15.7. The van der Waals surface area contributed by atoms with E-state index < -0.39 is 5.97 Å². The number of aromatic carboxylic acids is 1. The summed E-state index contributed by atoms with van der Waals surface area (Å²) in [5.74, 6) is -0.217. The summed E-state index contributed by atoms with van der Waals surface area (Å²) in [5.41, 5.74) is 1.60. The van der Waals surface area contributed by atoms with Crippen LogP contribution in [-0.2, 0) is 0 Å². The van der Waals surface area contributed by atoms with Crippen molar-refractivity contribution in [2.45, 2.75) is 18.9 Å². The quantitative estimate of drug-likeness (QED) is 0.772. The number of carboxylic acid groups (broad SMARTS) is 1. The SMILES string of the molecule is O=C(O)c1ccc(C2CCCN2c2nccc(-c3ccccn3)n2)s1. The fourth-order valence-electron chi connectivity index (χ4n) is 3.09. The zero-order chi connectivity index (χ0) is 17.2. The van der Waals surface area contributed by atoms with Crippen LogP contribution in [0.4, 0.5) is 5.95 Å². The van der Waals surface area contributed by atoms with Gasteiger partial charge in [0.25, 0.3) is 0 Å². The summed E-state index contributed by atoms with van der Waals surface area (Å²) in [6.45, 7) is 0.858. The maximum absolute atomic E-state index is 11.1. The Morgan fingerprint density at radius 1 is 1.12 bits per heavy atom. The number of carboxylic acids is 1. The Bertz CT molecular complexity index is 897. The van der Waals surface area contributed by atoms with Crippen molar-refractivity contribution < 1.29 is 9.90 Å². The van der Waals surface area contributed by atoms with Crippen LogP contribution >= 0.6 is 11.3 Å². The van der Waals surface area contributed by atoms with E-state index in [1.54, 1.807) is 18.5 Å². The summed E-state index contributed by atoms with van der Waals surface area (Å²) >= 11 is 1.33. The van der Waals surface area contributed by atoms with Crippen LogP contribution in [0.15, 0.2) is 48.8 Å². The van der Waals surface area contributed by atoms with Crippen LogP contribution in [0.2, 0.25) is 0 Å². The fraction of sp³-hybridized carbons (Fsp3) is 0.222. The molecule has 6 nitrogen and oxygen atoms in total. The Hall–Kier alpha value is -2.80. The summed E-state index contributed by atoms with van der Waals surface area (Å²) in [5, 5.41) is 9.15. The average molecular weight is 352 g/mol. The Morgan fingerprint density at radius 3 is 2.80 bits per heavy atom. The van der Waals surface area contributed by atoms with Gasteiger partial charge in [0.15, 0.2) is 0 Å². The van der Waals surface area contributed by atoms with Gasteiger partial charge in [-0.2, -0.15) is 0 Å². The van der Waals surface area contributed by atoms with Gasteiger partial charge in [-0.3, -0.25) is 4.98 Å². The molecule has 0 amide bonds. The normalized spacial score (nSPS) is 17.0. The van der Waals surface area contributed by atoms with E-state index in [1.807, 2.05) is 30.3 Å². The highest BCUT2D eigenvalue weighted by atomic mass is 32.1. The molecule has 0 aromatic carbocycles. The second-order valence-electron chi connectivity index (χ2n) is 5.82. The molecule has 0 saturated carbocycles. The predicted octanol–water partition coefficient (Wildman–Crippen LogP) is 3.64. The number of aromatic nitrogens is 3. The van der Waals surface area contributed by atoms with E-state index in [9.17, 15) is 4.79 Å². The summed E-state index contributed by atoms with van der Waals surface area (Å²) < 4.78 is 0. The van der Waals surface area contributed by atoms with Crippen molar-refractivity contribution in [1.82, 2.24) is 15.0 Å². The maximum Gasteiger partial charge on any atom is 0.345 e. The Kier molecular flexibility index (Phi) is 4.15. The molecule has 4 heterocycles. The first-order chi connectivity index (χ1) is 12.2. The molecule has 1 aliphatic rings. The highest BCUT2D eigenvalue weighted by molar-refractivity contribution is 7.14. The summed E-state index contributed by atoms with van der Waals surface area (Å²) in [4.78, 5) is 28.2. The Morgan fingerprint density at radius 2 is 2.04 bits per heavy atom. The van der Waals surface area contributed by atoms with Crippen molar-refractivity contribution in [3.8, 4) is 11.4 Å². The molecule has 1 aliphatic heterocycles. The van der Waals surface area contributed by atoms with Gasteiger partial charge in [-0.05, 0) is 43.2 Å². The molecule has 1 unspecified atom stereocenters. The van der Waals surface area contributed by atoms with Gasteiger partial charge in [0, 0.05) is 23.8 Å². The monoisotopic (exact) mass is 352 g/mol. The fourth-order valence-corrected chi connectivity index (χ4v) is 4.09. The standard InChI is InChI=1S/C18H16N4O2S/c23-17(24)16-7-6-15(25-16)14-5-3-11-22(14)18-20-10-8-13(21-18)12-4-1-2-9-19-12/h1-2,4,6-10,14H,3,5,11H2,(H,23,24). The van der Waals surface area contributed by atoms with E-state index in [0.717, 1.165) is 35.7 Å². The molecule has 0 bridgehead atoms. The Balaban J connectivity index is 1.65. The molecule has 1 fully saturated rings. The van der Waals surface area contributed by atoms with Crippen molar-refractivity contribution in [1.29, 1.82) is 0 Å². The van der Waals surface area contributed by atoms with Crippen molar-refractivity contribution in [2.75, 3.05) is 11.4 Å². The summed E-state index contributed by atoms with van der Waals surface area (Å²) in [6, 6.07) is 11.3. The lowest BCUT2D eigenvalue weighted by Crippen LogP contribution is -2.24. The summed E-state index contributed by atoms with van der Waals surface area (Å²) in [7, 11) is 0. The van der Waals surface area contributed by atoms with Crippen LogP contribution in [-0.4, -0.2) is 32.6 Å². The smallest absolute Gasteiger partial charge is 0.345 e. The van der Waals surface area contributed by atoms with Gasteiger partial charge in [0.1, 0.15) is 4.88 Å². The molecule has 0 radical (unpaired) electrons. The first-order valence-corrected chi connectivity index (χ1v) is 8.88. The number of nitrogens with zero attached hydrogens (tertiary/aromatic N) is 4. The Labute approximate surface area is 148 Å². The van der Waals surface area contributed by atoms with Crippen molar-refractivity contribution in [3.63, 3.8) is 0 Å². The van der Waals surface area contributed by atoms with E-state index in [4.69, 9.17) is 5.11 Å². The molecule has 1 atom stereocenters. The van der Waals surface area contributed by atoms with E-state index >= 15 is 0 Å². The number of hydrogen-bond donors (Lipinski definition) is 1. The van der Waals surface area contributed by atoms with Gasteiger partial charge in [0.05, 0.1) is 17.4 Å². The van der Waals surface area contributed by atoms with Crippen LogP contribution in [0.5, 0.6) is 0 Å². The highest BCUT2D eigenvalue weighted by Gasteiger charge is 2.30. The molecule has 1 N–H and O–H groups in total. The van der Waals surface area contributed by atoms with Gasteiger partial charge in [0.2, 0.25) is 5.95 Å². The number of anilines is 1. The second kappa shape index (κ2) is 6.60. The maximum atomic E-state index is 11.1. The minimum Gasteiger partial charge on any atom is -0.477 e. The third kappa shape index (κ3) is 3.10. The lowest BCUT2D eigenvalue weighted by molar-refractivity contribution is 0.0702. The van der Waals surface area contributed by atoms with Gasteiger partial charge >= 0.3 is 5.97 Å². The lowest BCUT2D eigenvalue weighted by Gasteiger charge is -2.24. The number of rotatable bonds is 4. The zero-order valence-corrected chi connectivity index (χ0v) is 14.2. The van der Waals surface area contributed by atoms with Gasteiger partial charge < -0.3 is 10.0 Å². The van der Waals surface area contributed by atoms with Crippen LogP contribution in [0.3, 0.4) is 0 Å². The van der Waals surface area contributed by atoms with E-state index in [2.05, 4.69) is 19.9 Å². The second-order valence-corrected chi connectivity index (χ2v) is 6.93. The van der Waals surface area contributed by atoms with E-state index in [-0.39, 0.29) is 6.04 Å². The molecular weight excluding hydrogens is 336 g/mol. The number of hydrogen-bond acceptors (Lipinski definition) is 6. The molecular formula is C18H16N4O2S. The third-order valence-corrected chi connectivity index (χ3v) is 5.42. The molecule has 7 heteroatoms. The third-order valence-electron chi connectivity index (χ3n) is 4.25. The minimum atomic E-state index is -0.880. The first-order valence-electron chi connectivity index (χ1n) is 8.06. The molecule has 4 rings (SSSR count). The molecule has 0 spiro atoms. The number of pyridine rings is 1. The van der Waals surface area contributed by atoms with Crippen LogP contribution in [0.25, 0.3) is 11.4 Å².